The Morgan fingerprint density at radius 1 is 0.689 bits per heavy atom. The third-order valence-corrected chi connectivity index (χ3v) is 10.3. The van der Waals surface area contributed by atoms with Crippen LogP contribution >= 0.6 is 47.8 Å². The van der Waals surface area contributed by atoms with Gasteiger partial charge in [0.15, 0.2) is 11.6 Å². The van der Waals surface area contributed by atoms with E-state index in [1.54, 1.807) is 13.8 Å². The van der Waals surface area contributed by atoms with Crippen LogP contribution in [0, 0.1) is 27.7 Å². The number of aromatic nitrogens is 2. The Hall–Kier alpha value is -3.26. The topological polar surface area (TPSA) is 54.9 Å². The van der Waals surface area contributed by atoms with Crippen LogP contribution in [0.4, 0.5) is 0 Å². The summed E-state index contributed by atoms with van der Waals surface area (Å²) in [6.45, 7) is 12.4. The van der Waals surface area contributed by atoms with E-state index in [1.165, 1.54) is 43.6 Å². The molecule has 0 unspecified atom stereocenters. The molecule has 0 amide bonds. The first kappa shape index (κ1) is 34.6. The fourth-order valence-electron chi connectivity index (χ4n) is 5.16. The van der Waals surface area contributed by atoms with Gasteiger partial charge in [0.1, 0.15) is 0 Å². The van der Waals surface area contributed by atoms with E-state index in [2.05, 4.69) is 108 Å². The van der Waals surface area contributed by atoms with Crippen molar-refractivity contribution in [2.24, 2.45) is 0 Å². The summed E-state index contributed by atoms with van der Waals surface area (Å²) in [7, 11) is 0. The normalized spacial score (nSPS) is 10.7. The van der Waals surface area contributed by atoms with Crippen molar-refractivity contribution in [2.75, 3.05) is 0 Å². The molecule has 6 aromatic rings. The Labute approximate surface area is 290 Å². The molecule has 0 spiro atoms. The zero-order chi connectivity index (χ0) is 32.8. The number of Topliss-reactive ketones (excluding diaryl/α,β-unsaturated/α-hetero) is 2. The van der Waals surface area contributed by atoms with Crippen LogP contribution in [0.2, 0.25) is 0 Å². The fraction of sp³-hybridized carbons (Fsp3) is 0.211. The van der Waals surface area contributed by atoms with E-state index in [0.717, 1.165) is 43.8 Å². The number of carbonyl (C=O) groups is 2. The maximum Gasteiger partial charge on any atom is 0.159 e. The number of alkyl halides is 1. The summed E-state index contributed by atoms with van der Waals surface area (Å²) in [5, 5.41) is 3.22. The molecule has 45 heavy (non-hydrogen) atoms. The molecule has 7 heteroatoms. The quantitative estimate of drug-likeness (QED) is 0.140. The number of benzene rings is 4. The molecule has 0 aliphatic carbocycles. The van der Waals surface area contributed by atoms with Crippen molar-refractivity contribution in [1.29, 1.82) is 0 Å². The van der Waals surface area contributed by atoms with Gasteiger partial charge in [0.2, 0.25) is 0 Å². The first-order valence-electron chi connectivity index (χ1n) is 14.7. The molecule has 0 aliphatic rings. The van der Waals surface area contributed by atoms with Crippen molar-refractivity contribution in [2.45, 2.75) is 53.4 Å². The van der Waals surface area contributed by atoms with Crippen molar-refractivity contribution in [3.8, 4) is 0 Å². The molecule has 4 nitrogen and oxygen atoms in total. The predicted molar refractivity (Wildman–Crippen MR) is 199 cm³/mol. The zero-order valence-corrected chi connectivity index (χ0v) is 31.2. The smallest absolute Gasteiger partial charge is 0.159 e. The number of halogens is 3. The lowest BCUT2D eigenvalue weighted by molar-refractivity contribution is 0.100. The number of H-pyrrole nitrogens is 1. The molecule has 0 atom stereocenters. The number of fused-ring (bicyclic) bond motifs is 2. The van der Waals surface area contributed by atoms with Crippen LogP contribution in [-0.2, 0) is 11.9 Å². The number of hydrogen-bond donors (Lipinski definition) is 1. The van der Waals surface area contributed by atoms with E-state index in [0.29, 0.717) is 0 Å². The van der Waals surface area contributed by atoms with Crippen LogP contribution in [-0.4, -0.2) is 21.1 Å². The molecule has 0 saturated carbocycles. The second-order valence-corrected chi connectivity index (χ2v) is 13.4. The van der Waals surface area contributed by atoms with Crippen LogP contribution in [0.15, 0.2) is 93.9 Å². The van der Waals surface area contributed by atoms with Gasteiger partial charge in [-0.3, -0.25) is 9.59 Å². The minimum atomic E-state index is 0.109. The molecule has 2 heterocycles. The van der Waals surface area contributed by atoms with Crippen molar-refractivity contribution in [3.63, 3.8) is 0 Å². The molecule has 1 N–H and O–H groups in total. The lowest BCUT2D eigenvalue weighted by Crippen LogP contribution is -2.02. The number of aryl methyl sites for hydroxylation is 3. The molecule has 0 saturated heterocycles. The van der Waals surface area contributed by atoms with Crippen molar-refractivity contribution in [1.82, 2.24) is 9.55 Å². The molecule has 0 radical (unpaired) electrons. The summed E-state index contributed by atoms with van der Waals surface area (Å²) in [5.74, 6) is 0.225. The number of nitrogens with one attached hydrogen (secondary N) is 1. The van der Waals surface area contributed by atoms with E-state index < -0.39 is 0 Å². The Bertz CT molecular complexity index is 2000. The minimum absolute atomic E-state index is 0.109. The second-order valence-electron chi connectivity index (χ2n) is 11.1. The maximum absolute atomic E-state index is 11.6. The molecular weight excluding hydrogens is 756 g/mol. The largest absolute Gasteiger partial charge is 0.358 e. The van der Waals surface area contributed by atoms with Gasteiger partial charge < -0.3 is 9.55 Å². The molecule has 0 bridgehead atoms. The number of ketones is 2. The van der Waals surface area contributed by atoms with Gasteiger partial charge in [-0.15, -0.1) is 0 Å². The Kier molecular flexibility index (Phi) is 11.8. The highest BCUT2D eigenvalue weighted by atomic mass is 79.9. The second kappa shape index (κ2) is 15.4. The highest BCUT2D eigenvalue weighted by molar-refractivity contribution is 9.11. The molecule has 6 rings (SSSR count). The summed E-state index contributed by atoms with van der Waals surface area (Å²) in [4.78, 5) is 26.1. The average molecular weight is 793 g/mol. The van der Waals surface area contributed by atoms with E-state index in [-0.39, 0.29) is 11.6 Å². The molecule has 0 fully saturated rings. The summed E-state index contributed by atoms with van der Waals surface area (Å²) >= 11 is 10.4. The van der Waals surface area contributed by atoms with Crippen molar-refractivity contribution in [3.05, 3.63) is 139 Å². The van der Waals surface area contributed by atoms with Gasteiger partial charge in [-0.1, -0.05) is 84.2 Å². The zero-order valence-electron chi connectivity index (χ0n) is 26.4. The average Bonchev–Trinajstić information content (AvgIpc) is 3.45. The van der Waals surface area contributed by atoms with Gasteiger partial charge >= 0.3 is 0 Å². The Morgan fingerprint density at radius 3 is 1.76 bits per heavy atom. The van der Waals surface area contributed by atoms with E-state index in [9.17, 15) is 9.59 Å². The monoisotopic (exact) mass is 790 g/mol. The number of carbonyl (C=O) groups excluding carboxylic acids is 2. The fourth-order valence-corrected chi connectivity index (χ4v) is 6.86. The summed E-state index contributed by atoms with van der Waals surface area (Å²) in [6, 6.07) is 28.2. The SMILES string of the molecule is BrCc1ccccc1Br.CC(=O)c1ccc2[nH]c(C)c(C)c2c1.CC(=O)c1ccc2c(c1)c(C)c(C)n2Cc1ccccc1Br. The number of hydrogen-bond acceptors (Lipinski definition) is 2. The van der Waals surface area contributed by atoms with Crippen molar-refractivity contribution < 1.29 is 9.59 Å². The van der Waals surface area contributed by atoms with Crippen molar-refractivity contribution >= 4 is 81.2 Å². The molecule has 0 aliphatic heterocycles. The van der Waals surface area contributed by atoms with Gasteiger partial charge in [-0.25, -0.2) is 0 Å². The van der Waals surface area contributed by atoms with E-state index >= 15 is 0 Å². The van der Waals surface area contributed by atoms with Crippen LogP contribution < -0.4 is 0 Å². The van der Waals surface area contributed by atoms with Gasteiger partial charge in [0.05, 0.1) is 0 Å². The van der Waals surface area contributed by atoms with Gasteiger partial charge in [0.25, 0.3) is 0 Å². The third kappa shape index (κ3) is 8.13. The van der Waals surface area contributed by atoms with Gasteiger partial charge in [-0.05, 0) is 112 Å². The van der Waals surface area contributed by atoms with Crippen LogP contribution in [0.1, 0.15) is 68.2 Å². The number of rotatable bonds is 5. The number of nitrogens with zero attached hydrogens (tertiary/aromatic N) is 1. The van der Waals surface area contributed by atoms with E-state index in [1.807, 2.05) is 61.5 Å². The lowest BCUT2D eigenvalue weighted by Gasteiger charge is -2.10. The minimum Gasteiger partial charge on any atom is -0.358 e. The highest BCUT2D eigenvalue weighted by Crippen LogP contribution is 2.29. The summed E-state index contributed by atoms with van der Waals surface area (Å²) in [6.07, 6.45) is 0. The van der Waals surface area contributed by atoms with Crippen LogP contribution in [0.3, 0.4) is 0 Å². The number of aromatic amines is 1. The van der Waals surface area contributed by atoms with Crippen LogP contribution in [0.25, 0.3) is 21.8 Å². The molecular formula is C38H37Br3N2O2. The van der Waals surface area contributed by atoms with Gasteiger partial charge in [0, 0.05) is 65.1 Å². The Morgan fingerprint density at radius 2 is 1.22 bits per heavy atom. The molecule has 232 valence electrons. The van der Waals surface area contributed by atoms with E-state index in [4.69, 9.17) is 0 Å². The summed E-state index contributed by atoms with van der Waals surface area (Å²) < 4.78 is 4.60. The standard InChI is InChI=1S/C19H18BrNO.C12H13NO.C7H6Br2/c1-12-13(2)21(11-16-6-4-5-7-18(16)20)19-9-8-15(14(3)22)10-17(12)19;1-7-8(2)13-12-5-4-10(9(3)14)6-11(7)12;8-5-6-3-1-2-4-7(6)9/h4-10H,11H2,1-3H3;4-6,13H,1-3H3;1-4H,5H2. The first-order valence-corrected chi connectivity index (χ1v) is 17.4. The van der Waals surface area contributed by atoms with Crippen LogP contribution in [0.5, 0.6) is 0 Å². The maximum atomic E-state index is 11.6. The molecule has 4 aromatic carbocycles. The summed E-state index contributed by atoms with van der Waals surface area (Å²) in [5.41, 5.74) is 11.2. The molecule has 2 aromatic heterocycles. The highest BCUT2D eigenvalue weighted by Gasteiger charge is 2.14. The lowest BCUT2D eigenvalue weighted by atomic mass is 10.1. The third-order valence-electron chi connectivity index (χ3n) is 8.15. The van der Waals surface area contributed by atoms with Gasteiger partial charge in [-0.2, -0.15) is 0 Å². The predicted octanol–water partition coefficient (Wildman–Crippen LogP) is 11.6. The first-order chi connectivity index (χ1) is 21.4. The Balaban J connectivity index is 0.000000171.